The van der Waals surface area contributed by atoms with Gasteiger partial charge in [-0.25, -0.2) is 0 Å². The van der Waals surface area contributed by atoms with Gasteiger partial charge in [0.2, 0.25) is 0 Å². The molecule has 0 aromatic heterocycles. The van der Waals surface area contributed by atoms with Gasteiger partial charge in [-0.2, -0.15) is 0 Å². The highest BCUT2D eigenvalue weighted by Gasteiger charge is 2.15. The van der Waals surface area contributed by atoms with Gasteiger partial charge in [0.05, 0.1) is 4.92 Å². The number of nitro groups is 1. The summed E-state index contributed by atoms with van der Waals surface area (Å²) in [6.45, 7) is 2.75. The minimum atomic E-state index is -0.521. The number of non-ortho nitro benzene ring substituents is 1. The van der Waals surface area contributed by atoms with E-state index in [0.29, 0.717) is 30.7 Å². The molecule has 0 aliphatic heterocycles. The van der Waals surface area contributed by atoms with E-state index in [1.54, 1.807) is 37.4 Å². The quantitative estimate of drug-likeness (QED) is 0.293. The Balaban J connectivity index is 2.25. The summed E-state index contributed by atoms with van der Waals surface area (Å²) < 4.78 is 4.95. The van der Waals surface area contributed by atoms with Crippen molar-refractivity contribution in [3.8, 4) is 0 Å². The molecule has 0 radical (unpaired) electrons. The molecule has 29 heavy (non-hydrogen) atoms. The van der Waals surface area contributed by atoms with E-state index in [2.05, 4.69) is 10.6 Å². The van der Waals surface area contributed by atoms with Crippen molar-refractivity contribution in [1.29, 1.82) is 0 Å². The van der Waals surface area contributed by atoms with Gasteiger partial charge in [-0.15, -0.1) is 0 Å². The van der Waals surface area contributed by atoms with E-state index in [9.17, 15) is 19.7 Å². The fourth-order valence-corrected chi connectivity index (χ4v) is 2.47. The summed E-state index contributed by atoms with van der Waals surface area (Å²) in [5.74, 6) is -0.943. The van der Waals surface area contributed by atoms with Gasteiger partial charge < -0.3 is 15.4 Å². The average Bonchev–Trinajstić information content (AvgIpc) is 2.71. The first-order valence-corrected chi connectivity index (χ1v) is 9.02. The van der Waals surface area contributed by atoms with Crippen molar-refractivity contribution >= 4 is 23.6 Å². The van der Waals surface area contributed by atoms with Crippen LogP contribution in [0, 0.1) is 17.0 Å². The van der Waals surface area contributed by atoms with Crippen molar-refractivity contribution in [3.63, 3.8) is 0 Å². The molecule has 2 aromatic carbocycles. The van der Waals surface area contributed by atoms with E-state index in [-0.39, 0.29) is 11.4 Å². The van der Waals surface area contributed by atoms with Crippen molar-refractivity contribution in [2.45, 2.75) is 13.3 Å². The molecule has 0 unspecified atom stereocenters. The van der Waals surface area contributed by atoms with Gasteiger partial charge >= 0.3 is 0 Å². The lowest BCUT2D eigenvalue weighted by Gasteiger charge is -2.11. The molecule has 0 heterocycles. The van der Waals surface area contributed by atoms with Gasteiger partial charge in [-0.05, 0) is 37.1 Å². The molecule has 2 N–H and O–H groups in total. The Morgan fingerprint density at radius 3 is 2.55 bits per heavy atom. The van der Waals surface area contributed by atoms with E-state index >= 15 is 0 Å². The molecule has 0 saturated carbocycles. The number of amides is 2. The molecule has 8 nitrogen and oxygen atoms in total. The molecular formula is C21H23N3O5. The number of nitrogens with one attached hydrogen (secondary N) is 2. The fourth-order valence-electron chi connectivity index (χ4n) is 2.47. The molecule has 152 valence electrons. The molecule has 0 aliphatic carbocycles. The van der Waals surface area contributed by atoms with Crippen LogP contribution in [0.4, 0.5) is 5.69 Å². The van der Waals surface area contributed by atoms with Crippen molar-refractivity contribution in [1.82, 2.24) is 10.6 Å². The third kappa shape index (κ3) is 6.86. The number of hydrogen-bond donors (Lipinski definition) is 2. The average molecular weight is 397 g/mol. The third-order valence-electron chi connectivity index (χ3n) is 4.01. The Bertz CT molecular complexity index is 907. The number of carbonyl (C=O) groups is 2. The van der Waals surface area contributed by atoms with E-state index in [1.165, 1.54) is 24.3 Å². The van der Waals surface area contributed by atoms with Gasteiger partial charge in [0.15, 0.2) is 0 Å². The van der Waals surface area contributed by atoms with Crippen LogP contribution in [0.3, 0.4) is 0 Å². The van der Waals surface area contributed by atoms with Crippen molar-refractivity contribution in [2.24, 2.45) is 0 Å². The predicted octanol–water partition coefficient (Wildman–Crippen LogP) is 2.83. The monoisotopic (exact) mass is 397 g/mol. The van der Waals surface area contributed by atoms with Crippen molar-refractivity contribution in [3.05, 3.63) is 81.0 Å². The van der Waals surface area contributed by atoms with Gasteiger partial charge in [-0.1, -0.05) is 29.8 Å². The topological polar surface area (TPSA) is 111 Å². The molecule has 0 fully saturated rings. The summed E-state index contributed by atoms with van der Waals surface area (Å²) in [4.78, 5) is 35.6. The Morgan fingerprint density at radius 1 is 1.17 bits per heavy atom. The number of nitrogens with zero attached hydrogens (tertiary/aromatic N) is 1. The largest absolute Gasteiger partial charge is 0.385 e. The van der Waals surface area contributed by atoms with Gasteiger partial charge in [0.1, 0.15) is 5.70 Å². The fraction of sp³-hybridized carbons (Fsp3) is 0.238. The van der Waals surface area contributed by atoms with Crippen LogP contribution >= 0.6 is 0 Å². The van der Waals surface area contributed by atoms with Crippen LogP contribution in [0.15, 0.2) is 54.2 Å². The van der Waals surface area contributed by atoms with Crippen LogP contribution in [-0.2, 0) is 9.53 Å². The van der Waals surface area contributed by atoms with Crippen LogP contribution in [0.25, 0.3) is 6.08 Å². The first kappa shape index (κ1) is 21.8. The SMILES string of the molecule is COCCCNC(=O)/C(=C/c1cccc([N+](=O)[O-])c1)NC(=O)c1ccc(C)cc1. The summed E-state index contributed by atoms with van der Waals surface area (Å²) in [5.41, 5.74) is 1.71. The second-order valence-electron chi connectivity index (χ2n) is 6.33. The normalized spacial score (nSPS) is 11.0. The Kier molecular flexibility index (Phi) is 8.05. The number of rotatable bonds is 9. The minimum Gasteiger partial charge on any atom is -0.385 e. The second-order valence-corrected chi connectivity index (χ2v) is 6.33. The van der Waals surface area contributed by atoms with E-state index in [0.717, 1.165) is 5.56 Å². The number of carbonyl (C=O) groups excluding carboxylic acids is 2. The highest BCUT2D eigenvalue weighted by Crippen LogP contribution is 2.15. The number of aryl methyl sites for hydroxylation is 1. The molecule has 2 aromatic rings. The van der Waals surface area contributed by atoms with E-state index in [4.69, 9.17) is 4.74 Å². The van der Waals surface area contributed by atoms with Crippen LogP contribution in [-0.4, -0.2) is 37.0 Å². The van der Waals surface area contributed by atoms with Crippen LogP contribution in [0.2, 0.25) is 0 Å². The number of ether oxygens (including phenoxy) is 1. The Labute approximate surface area is 168 Å². The zero-order valence-corrected chi connectivity index (χ0v) is 16.3. The van der Waals surface area contributed by atoms with Crippen molar-refractivity contribution in [2.75, 3.05) is 20.3 Å². The van der Waals surface area contributed by atoms with E-state index < -0.39 is 16.7 Å². The zero-order chi connectivity index (χ0) is 21.2. The molecule has 2 amide bonds. The summed E-state index contributed by atoms with van der Waals surface area (Å²) in [7, 11) is 1.57. The Morgan fingerprint density at radius 2 is 1.90 bits per heavy atom. The number of benzene rings is 2. The zero-order valence-electron chi connectivity index (χ0n) is 16.3. The maximum Gasteiger partial charge on any atom is 0.270 e. The first-order chi connectivity index (χ1) is 13.9. The molecule has 2 rings (SSSR count). The van der Waals surface area contributed by atoms with Gasteiger partial charge in [-0.3, -0.25) is 19.7 Å². The molecular weight excluding hydrogens is 374 g/mol. The number of methoxy groups -OCH3 is 1. The molecule has 0 bridgehead atoms. The summed E-state index contributed by atoms with van der Waals surface area (Å²) in [5, 5.41) is 16.3. The summed E-state index contributed by atoms with van der Waals surface area (Å²) in [6, 6.07) is 12.7. The smallest absolute Gasteiger partial charge is 0.270 e. The second kappa shape index (κ2) is 10.7. The minimum absolute atomic E-state index is 0.00603. The molecule has 0 spiro atoms. The molecule has 0 atom stereocenters. The summed E-state index contributed by atoms with van der Waals surface area (Å²) >= 11 is 0. The van der Waals surface area contributed by atoms with Crippen LogP contribution in [0.5, 0.6) is 0 Å². The third-order valence-corrected chi connectivity index (χ3v) is 4.01. The summed E-state index contributed by atoms with van der Waals surface area (Å²) in [6.07, 6.45) is 2.02. The van der Waals surface area contributed by atoms with Gasteiger partial charge in [0, 0.05) is 38.0 Å². The first-order valence-electron chi connectivity index (χ1n) is 9.02. The lowest BCUT2D eigenvalue weighted by atomic mass is 10.1. The predicted molar refractivity (Wildman–Crippen MR) is 109 cm³/mol. The van der Waals surface area contributed by atoms with Crippen LogP contribution < -0.4 is 10.6 Å². The lowest BCUT2D eigenvalue weighted by Crippen LogP contribution is -2.35. The highest BCUT2D eigenvalue weighted by atomic mass is 16.6. The van der Waals surface area contributed by atoms with Gasteiger partial charge in [0.25, 0.3) is 17.5 Å². The lowest BCUT2D eigenvalue weighted by molar-refractivity contribution is -0.384. The van der Waals surface area contributed by atoms with Crippen LogP contribution in [0.1, 0.15) is 27.9 Å². The van der Waals surface area contributed by atoms with Crippen molar-refractivity contribution < 1.29 is 19.2 Å². The molecule has 0 saturated heterocycles. The highest BCUT2D eigenvalue weighted by molar-refractivity contribution is 6.05. The number of nitro benzene ring substituents is 1. The Hall–Kier alpha value is -3.52. The molecule has 8 heteroatoms. The van der Waals surface area contributed by atoms with E-state index in [1.807, 2.05) is 6.92 Å². The maximum absolute atomic E-state index is 12.6. The maximum atomic E-state index is 12.6. The number of hydrogen-bond acceptors (Lipinski definition) is 5. The molecule has 0 aliphatic rings. The standard InChI is InChI=1S/C21H23N3O5/c1-15-7-9-17(10-8-15)20(25)23-19(21(26)22-11-4-12-29-2)14-16-5-3-6-18(13-16)24(27)28/h3,5-10,13-14H,4,11-12H2,1-2H3,(H,22,26)(H,23,25)/b19-14-.